The van der Waals surface area contributed by atoms with Crippen molar-refractivity contribution in [2.24, 2.45) is 0 Å². The number of fused-ring (bicyclic) bond motifs is 1. The van der Waals surface area contributed by atoms with Gasteiger partial charge in [-0.3, -0.25) is 0 Å². The molecular formula is C43H35BrO4. The van der Waals surface area contributed by atoms with E-state index in [0.717, 1.165) is 33.4 Å². The van der Waals surface area contributed by atoms with Gasteiger partial charge in [-0.1, -0.05) is 149 Å². The molecule has 7 rings (SSSR count). The highest BCUT2D eigenvalue weighted by molar-refractivity contribution is 9.09. The maximum Gasteiger partial charge on any atom is 0.336 e. The van der Waals surface area contributed by atoms with Crippen molar-refractivity contribution in [3.05, 3.63) is 214 Å². The van der Waals surface area contributed by atoms with Gasteiger partial charge in [-0.2, -0.15) is 0 Å². The summed E-state index contributed by atoms with van der Waals surface area (Å²) >= 11 is 3.69. The summed E-state index contributed by atoms with van der Waals surface area (Å²) in [5, 5.41) is 0.903. The highest BCUT2D eigenvalue weighted by atomic mass is 79.9. The monoisotopic (exact) mass is 694 g/mol. The molecule has 238 valence electrons. The van der Waals surface area contributed by atoms with Crippen molar-refractivity contribution in [2.75, 3.05) is 0 Å². The predicted molar refractivity (Wildman–Crippen MR) is 197 cm³/mol. The van der Waals surface area contributed by atoms with Crippen LogP contribution >= 0.6 is 15.9 Å². The molecule has 0 unspecified atom stereocenters. The Bertz CT molecular complexity index is 2000. The summed E-state index contributed by atoms with van der Waals surface area (Å²) in [4.78, 5) is 12.0. The number of hydrogen-bond acceptors (Lipinski definition) is 4. The van der Waals surface area contributed by atoms with Gasteiger partial charge in [-0.15, -0.1) is 0 Å². The quantitative estimate of drug-likeness (QED) is 0.111. The molecule has 0 radical (unpaired) electrons. The molecule has 0 aliphatic heterocycles. The summed E-state index contributed by atoms with van der Waals surface area (Å²) in [5.41, 5.74) is 6.84. The van der Waals surface area contributed by atoms with Gasteiger partial charge in [0.05, 0.1) is 4.83 Å². The molecule has 0 saturated carbocycles. The zero-order chi connectivity index (χ0) is 33.1. The Morgan fingerprint density at radius 1 is 0.583 bits per heavy atom. The van der Waals surface area contributed by atoms with Crippen molar-refractivity contribution in [2.45, 2.75) is 24.5 Å². The molecule has 1 aromatic heterocycles. The molecule has 0 spiro atoms. The Morgan fingerprint density at radius 3 is 1.58 bits per heavy atom. The van der Waals surface area contributed by atoms with Crippen LogP contribution < -0.4 is 15.1 Å². The van der Waals surface area contributed by atoms with E-state index in [-0.39, 0.29) is 11.7 Å². The molecule has 0 aliphatic carbocycles. The SMILES string of the molecule is BrC(c1ccccc1)c1ccccc1.Cc1cc(=O)oc2cc(OCc3ccc(OC(c4ccccc4)c4ccccc4)cc3)ccc12. The molecule has 0 atom stereocenters. The second kappa shape index (κ2) is 15.9. The molecule has 0 N–H and O–H groups in total. The maximum absolute atomic E-state index is 11.7. The zero-order valence-corrected chi connectivity index (χ0v) is 28.1. The first-order valence-corrected chi connectivity index (χ1v) is 16.7. The molecular weight excluding hydrogens is 660 g/mol. The molecule has 5 heteroatoms. The number of alkyl halides is 1. The van der Waals surface area contributed by atoms with E-state index in [2.05, 4.69) is 88.7 Å². The summed E-state index contributed by atoms with van der Waals surface area (Å²) in [6, 6.07) is 56.2. The number of rotatable bonds is 9. The molecule has 0 aliphatic rings. The smallest absolute Gasteiger partial charge is 0.336 e. The minimum Gasteiger partial charge on any atom is -0.489 e. The molecule has 0 amide bonds. The van der Waals surface area contributed by atoms with Gasteiger partial charge in [0.15, 0.2) is 0 Å². The van der Waals surface area contributed by atoms with Crippen molar-refractivity contribution >= 4 is 26.9 Å². The van der Waals surface area contributed by atoms with E-state index in [9.17, 15) is 4.79 Å². The third kappa shape index (κ3) is 8.49. The second-order valence-electron chi connectivity index (χ2n) is 11.3. The normalized spacial score (nSPS) is 10.8. The van der Waals surface area contributed by atoms with E-state index in [4.69, 9.17) is 13.9 Å². The number of aryl methyl sites for hydroxylation is 1. The van der Waals surface area contributed by atoms with Crippen LogP contribution in [-0.2, 0) is 6.61 Å². The lowest BCUT2D eigenvalue weighted by molar-refractivity contribution is 0.247. The van der Waals surface area contributed by atoms with E-state index in [1.807, 2.05) is 91.9 Å². The average molecular weight is 696 g/mol. The van der Waals surface area contributed by atoms with Crippen LogP contribution in [0, 0.1) is 6.92 Å². The molecule has 4 nitrogen and oxygen atoms in total. The summed E-state index contributed by atoms with van der Waals surface area (Å²) < 4.78 is 17.6. The second-order valence-corrected chi connectivity index (χ2v) is 12.3. The molecule has 0 saturated heterocycles. The third-order valence-electron chi connectivity index (χ3n) is 7.89. The molecule has 1 heterocycles. The standard InChI is InChI=1S/C30H24O4.C13H11Br/c1-21-18-29(31)34-28-19-26(16-17-27(21)28)32-20-22-12-14-25(15-13-22)33-30(23-8-4-2-5-9-23)24-10-6-3-7-11-24;14-13(11-7-3-1-4-8-11)12-9-5-2-6-10-12/h2-19,30H,20H2,1H3;1-10,13H. The lowest BCUT2D eigenvalue weighted by Gasteiger charge is -2.20. The van der Waals surface area contributed by atoms with Crippen LogP contribution in [0.15, 0.2) is 179 Å². The maximum atomic E-state index is 11.7. The Labute approximate surface area is 289 Å². The van der Waals surface area contributed by atoms with Gasteiger partial charge in [-0.25, -0.2) is 4.79 Å². The predicted octanol–water partition coefficient (Wildman–Crippen LogP) is 11.0. The summed E-state index contributed by atoms with van der Waals surface area (Å²) in [6.45, 7) is 2.28. The first-order chi connectivity index (χ1) is 23.5. The number of ether oxygens (including phenoxy) is 2. The first kappa shape index (κ1) is 32.5. The van der Waals surface area contributed by atoms with Gasteiger partial charge in [0.1, 0.15) is 29.8 Å². The van der Waals surface area contributed by atoms with Crippen molar-refractivity contribution in [3.8, 4) is 11.5 Å². The fraction of sp³-hybridized carbons (Fsp3) is 0.0930. The highest BCUT2D eigenvalue weighted by Crippen LogP contribution is 2.31. The molecule has 6 aromatic carbocycles. The van der Waals surface area contributed by atoms with Gasteiger partial charge in [0.25, 0.3) is 0 Å². The number of halogens is 1. The van der Waals surface area contributed by atoms with Gasteiger partial charge in [-0.05, 0) is 64.6 Å². The first-order valence-electron chi connectivity index (χ1n) is 15.8. The van der Waals surface area contributed by atoms with Crippen molar-refractivity contribution in [1.82, 2.24) is 0 Å². The van der Waals surface area contributed by atoms with E-state index in [1.54, 1.807) is 6.07 Å². The minimum atomic E-state index is -0.359. The summed E-state index contributed by atoms with van der Waals surface area (Å²) in [6.07, 6.45) is -0.194. The Morgan fingerprint density at radius 2 is 1.06 bits per heavy atom. The van der Waals surface area contributed by atoms with E-state index in [0.29, 0.717) is 22.8 Å². The van der Waals surface area contributed by atoms with Crippen LogP contribution in [0.25, 0.3) is 11.0 Å². The Balaban J connectivity index is 0.000000239. The number of benzene rings is 6. The van der Waals surface area contributed by atoms with Crippen LogP contribution in [0.4, 0.5) is 0 Å². The molecule has 0 fully saturated rings. The van der Waals surface area contributed by atoms with Gasteiger partial charge >= 0.3 is 5.63 Å². The topological polar surface area (TPSA) is 48.7 Å². The summed E-state index contributed by atoms with van der Waals surface area (Å²) in [5.74, 6) is 1.43. The van der Waals surface area contributed by atoms with Gasteiger partial charge in [0, 0.05) is 17.5 Å². The van der Waals surface area contributed by atoms with Gasteiger partial charge < -0.3 is 13.9 Å². The highest BCUT2D eigenvalue weighted by Gasteiger charge is 2.16. The minimum absolute atomic E-state index is 0.194. The lowest BCUT2D eigenvalue weighted by Crippen LogP contribution is -2.09. The molecule has 7 aromatic rings. The van der Waals surface area contributed by atoms with E-state index >= 15 is 0 Å². The Hall–Kier alpha value is -5.39. The van der Waals surface area contributed by atoms with E-state index in [1.165, 1.54) is 17.2 Å². The molecule has 0 bridgehead atoms. The van der Waals surface area contributed by atoms with E-state index < -0.39 is 0 Å². The van der Waals surface area contributed by atoms with Crippen LogP contribution in [0.2, 0.25) is 0 Å². The summed E-state index contributed by atoms with van der Waals surface area (Å²) in [7, 11) is 0. The molecule has 48 heavy (non-hydrogen) atoms. The van der Waals surface area contributed by atoms with Gasteiger partial charge in [0.2, 0.25) is 0 Å². The van der Waals surface area contributed by atoms with Crippen LogP contribution in [0.3, 0.4) is 0 Å². The van der Waals surface area contributed by atoms with Crippen LogP contribution in [0.1, 0.15) is 44.3 Å². The van der Waals surface area contributed by atoms with Crippen molar-refractivity contribution < 1.29 is 13.9 Å². The largest absolute Gasteiger partial charge is 0.489 e. The average Bonchev–Trinajstić information content (AvgIpc) is 3.14. The van der Waals surface area contributed by atoms with Crippen molar-refractivity contribution in [3.63, 3.8) is 0 Å². The fourth-order valence-corrected chi connectivity index (χ4v) is 5.99. The van der Waals surface area contributed by atoms with Crippen molar-refractivity contribution in [1.29, 1.82) is 0 Å². The van der Waals surface area contributed by atoms with Crippen LogP contribution in [-0.4, -0.2) is 0 Å². The number of hydrogen-bond donors (Lipinski definition) is 0. The Kier molecular flexibility index (Phi) is 10.8. The zero-order valence-electron chi connectivity index (χ0n) is 26.5. The third-order valence-corrected chi connectivity index (χ3v) is 8.95. The fourth-order valence-electron chi connectivity index (χ4n) is 5.38. The van der Waals surface area contributed by atoms with Crippen LogP contribution in [0.5, 0.6) is 11.5 Å². The lowest BCUT2D eigenvalue weighted by atomic mass is 10.0.